The van der Waals surface area contributed by atoms with Gasteiger partial charge in [0.1, 0.15) is 84.6 Å². The number of aliphatic hydroxyl groups excluding tert-OH is 2. The number of nitrogens with one attached hydrogen (secondary N) is 13. The Kier molecular flexibility index (Phi) is 46.0. The second-order valence-corrected chi connectivity index (χ2v) is 32.3. The molecular formula is C70H127N27O18S2. The largest absolute Gasteiger partial charge is 0.480 e. The number of likely N-dealkylation sites (tertiary alicyclic amines) is 1. The van der Waals surface area contributed by atoms with Crippen LogP contribution in [0.3, 0.4) is 0 Å². The highest BCUT2D eigenvalue weighted by Gasteiger charge is 2.42. The van der Waals surface area contributed by atoms with Crippen molar-refractivity contribution in [3.8, 4) is 0 Å². The van der Waals surface area contributed by atoms with Crippen LogP contribution in [-0.2, 0) is 71.9 Å². The van der Waals surface area contributed by atoms with Gasteiger partial charge in [-0.2, -0.15) is 0 Å². The van der Waals surface area contributed by atoms with Gasteiger partial charge in [-0.15, -0.1) is 0 Å². The van der Waals surface area contributed by atoms with Crippen molar-refractivity contribution in [1.29, 1.82) is 0 Å². The maximum atomic E-state index is 15.1. The van der Waals surface area contributed by atoms with Crippen molar-refractivity contribution >= 4 is 134 Å². The molecule has 0 unspecified atom stereocenters. The summed E-state index contributed by atoms with van der Waals surface area (Å²) < 4.78 is 0. The molecule has 662 valence electrons. The number of hydrogen-bond acceptors (Lipinski definition) is 24. The number of carboxylic acids is 1. The van der Waals surface area contributed by atoms with E-state index in [2.05, 4.69) is 89.1 Å². The standard InChI is InChI=1S/C70H127N27O18S2/c1-12-35(8)50-63(111)94-49(34(6)7)62(110)92-46(65(113)97-27-17-22-47(97)66(114)115)31-117-116-30-45(60(108)90-44(29-98)59(107)85-36(9)52(100)89-43(28-32(2)3)58(106)96-51(38(11)99)64(112)88-42(57(105)95-50)21-16-26-83-70(78)79)91-56(104)40(19-14-24-81-68(74)75)86-55(103)41(20-15-25-82-69(76)77)87-61(109)48(33(4)5)93-53(101)37(10)84-54(102)39(71)18-13-23-80-67(72)73/h32-51,98-99H,12-31,71H2,1-11H3,(H,84,102)(H,85,107)(H,86,103)(H,87,109)(H,88,112)(H,89,100)(H,90,108)(H,91,104)(H,92,110)(H,93,101)(H,94,111)(H,95,105)(H,96,106)(H,114,115)(H4,72,73,80)(H4,74,75,81)(H4,76,77,82)(H4,78,79,83)/t35-,36-,37-,38+,39-,40-,41-,42-,43-,44-,45-,46-,47-,48-,49-,50-,51-/m0/s1. The molecule has 2 aliphatic rings. The van der Waals surface area contributed by atoms with E-state index in [4.69, 9.17) is 51.6 Å². The monoisotopic (exact) mass is 1700 g/mol. The quantitative estimate of drug-likeness (QED) is 0.0120. The summed E-state index contributed by atoms with van der Waals surface area (Å²) in [5, 5.41) is 65.3. The van der Waals surface area contributed by atoms with Crippen LogP contribution in [0.2, 0.25) is 0 Å². The van der Waals surface area contributed by atoms with Crippen LogP contribution < -0.4 is 121 Å². The third kappa shape index (κ3) is 37.2. The number of rotatable bonds is 36. The fraction of sp³-hybridized carbons (Fsp3) is 0.729. The van der Waals surface area contributed by atoms with Crippen LogP contribution in [0.4, 0.5) is 0 Å². The molecule has 0 spiro atoms. The lowest BCUT2D eigenvalue weighted by molar-refractivity contribution is -0.149. The summed E-state index contributed by atoms with van der Waals surface area (Å²) >= 11 is 0. The zero-order valence-corrected chi connectivity index (χ0v) is 70.0. The summed E-state index contributed by atoms with van der Waals surface area (Å²) in [5.74, 6) is -19.7. The van der Waals surface area contributed by atoms with Crippen molar-refractivity contribution in [2.24, 2.45) is 95.2 Å². The van der Waals surface area contributed by atoms with Crippen LogP contribution in [0, 0.1) is 23.7 Å². The van der Waals surface area contributed by atoms with Crippen molar-refractivity contribution in [1.82, 2.24) is 74.0 Å². The summed E-state index contributed by atoms with van der Waals surface area (Å²) in [6.07, 6.45) is -1.50. The average molecular weight is 1700 g/mol. The lowest BCUT2D eigenvalue weighted by Crippen LogP contribution is -2.63. The molecule has 2 saturated heterocycles. The van der Waals surface area contributed by atoms with Crippen LogP contribution in [0.1, 0.15) is 153 Å². The maximum Gasteiger partial charge on any atom is 0.326 e. The van der Waals surface area contributed by atoms with Gasteiger partial charge in [0.25, 0.3) is 0 Å². The van der Waals surface area contributed by atoms with E-state index in [1.54, 1.807) is 55.4 Å². The van der Waals surface area contributed by atoms with Crippen molar-refractivity contribution in [3.05, 3.63) is 0 Å². The Labute approximate surface area is 688 Å². The minimum Gasteiger partial charge on any atom is -0.480 e. The highest BCUT2D eigenvalue weighted by atomic mass is 33.1. The summed E-state index contributed by atoms with van der Waals surface area (Å²) in [5.41, 5.74) is 50.4. The summed E-state index contributed by atoms with van der Waals surface area (Å²) in [6.45, 7) is 15.4. The van der Waals surface area contributed by atoms with Gasteiger partial charge in [-0.05, 0) is 115 Å². The van der Waals surface area contributed by atoms with Crippen molar-refractivity contribution in [3.63, 3.8) is 0 Å². The topological polar surface area (TPSA) is 760 Å². The molecule has 0 aromatic carbocycles. The van der Waals surface area contributed by atoms with E-state index in [1.807, 2.05) is 0 Å². The summed E-state index contributed by atoms with van der Waals surface area (Å²) in [7, 11) is 1.61. The molecule has 47 heteroatoms. The highest BCUT2D eigenvalue weighted by Crippen LogP contribution is 2.27. The molecule has 14 amide bonds. The zero-order chi connectivity index (χ0) is 88.7. The third-order valence-electron chi connectivity index (χ3n) is 18.7. The fourth-order valence-electron chi connectivity index (χ4n) is 11.8. The molecule has 17 atom stereocenters. The Morgan fingerprint density at radius 3 is 1.53 bits per heavy atom. The van der Waals surface area contributed by atoms with Gasteiger partial charge < -0.3 is 141 Å². The number of carbonyl (C=O) groups excluding carboxylic acids is 14. The SMILES string of the molecule is CC[C@H](C)[C@@H]1NC(=O)[C@H](CCCN=C(N)N)NC(=O)[C@H]([C@@H](C)O)NC(=O)[C@H](CC(C)C)NC(=O)[C@H](C)NC(=O)[C@H](CO)NC(=O)[C@@H](NC(=O)[C@H](CCCN=C(N)N)NC(=O)[C@H](CCCN=C(N)N)NC(=O)[C@@H](NC(=O)[C@H](C)NC(=O)[C@@H](N)CCCN=C(N)N)C(C)C)CSSC[C@@H](C(=O)N2CCC[C@H]2C(=O)O)NC(=O)[C@H](C(C)C)NC1=O. The van der Waals surface area contributed by atoms with Gasteiger partial charge in [-0.3, -0.25) is 87.1 Å². The first-order valence-electron chi connectivity index (χ1n) is 38.8. The molecule has 0 bridgehead atoms. The molecule has 2 rings (SSSR count). The second-order valence-electron chi connectivity index (χ2n) is 29.8. The van der Waals surface area contributed by atoms with Crippen LogP contribution >= 0.6 is 21.6 Å². The Morgan fingerprint density at radius 1 is 0.530 bits per heavy atom. The van der Waals surface area contributed by atoms with Gasteiger partial charge in [0.15, 0.2) is 23.8 Å². The van der Waals surface area contributed by atoms with Gasteiger partial charge in [-0.1, -0.05) is 83.4 Å². The van der Waals surface area contributed by atoms with Crippen LogP contribution in [0.25, 0.3) is 0 Å². The minimum absolute atomic E-state index is 0.0168. The van der Waals surface area contributed by atoms with E-state index in [-0.39, 0.29) is 133 Å². The lowest BCUT2D eigenvalue weighted by atomic mass is 9.95. The second kappa shape index (κ2) is 52.4. The smallest absolute Gasteiger partial charge is 0.326 e. The molecule has 34 N–H and O–H groups in total. The maximum absolute atomic E-state index is 15.1. The van der Waals surface area contributed by atoms with Gasteiger partial charge >= 0.3 is 5.97 Å². The average Bonchev–Trinajstić information content (AvgIpc) is 1.81. The minimum atomic E-state index is -1.94. The molecule has 2 aliphatic heterocycles. The molecule has 2 fully saturated rings. The Hall–Kier alpha value is -10.3. The van der Waals surface area contributed by atoms with Crippen LogP contribution in [-0.4, -0.2) is 280 Å². The first-order valence-corrected chi connectivity index (χ1v) is 41.3. The highest BCUT2D eigenvalue weighted by molar-refractivity contribution is 8.76. The predicted molar refractivity (Wildman–Crippen MR) is 439 cm³/mol. The van der Waals surface area contributed by atoms with Crippen molar-refractivity contribution in [2.75, 3.05) is 50.8 Å². The van der Waals surface area contributed by atoms with E-state index in [0.29, 0.717) is 6.42 Å². The molecule has 0 aliphatic carbocycles. The molecule has 0 radical (unpaired) electrons. The number of nitrogens with two attached hydrogens (primary N) is 9. The molecule has 0 aromatic rings. The lowest BCUT2D eigenvalue weighted by Gasteiger charge is -2.31. The Morgan fingerprint density at radius 2 is 1.01 bits per heavy atom. The molecule has 2 heterocycles. The Balaban J connectivity index is 2.96. The molecule has 0 aromatic heterocycles. The number of amides is 14. The van der Waals surface area contributed by atoms with Gasteiger partial charge in [-0.25, -0.2) is 4.79 Å². The number of guanidine groups is 4. The fourth-order valence-corrected chi connectivity index (χ4v) is 14.1. The van der Waals surface area contributed by atoms with Crippen LogP contribution in [0.15, 0.2) is 20.0 Å². The number of aliphatic imine (C=N–C) groups is 4. The summed E-state index contributed by atoms with van der Waals surface area (Å²) in [6, 6.07) is -23.0. The number of carboxylic acid groups (broad SMARTS) is 1. The van der Waals surface area contributed by atoms with Gasteiger partial charge in [0.2, 0.25) is 82.7 Å². The number of hydrogen-bond donors (Lipinski definition) is 25. The molecule has 45 nitrogen and oxygen atoms in total. The van der Waals surface area contributed by atoms with Crippen LogP contribution in [0.5, 0.6) is 0 Å². The van der Waals surface area contributed by atoms with E-state index >= 15 is 4.79 Å². The third-order valence-corrected chi connectivity index (χ3v) is 21.1. The van der Waals surface area contributed by atoms with Crippen molar-refractivity contribution in [2.45, 2.75) is 250 Å². The van der Waals surface area contributed by atoms with E-state index < -0.39 is 221 Å². The van der Waals surface area contributed by atoms with Gasteiger partial charge in [0, 0.05) is 44.2 Å². The number of aliphatic hydroxyl groups is 2. The number of nitrogens with zero attached hydrogens (tertiary/aromatic N) is 5. The first kappa shape index (κ1) is 103. The Bertz CT molecular complexity index is 3490. The van der Waals surface area contributed by atoms with Crippen molar-refractivity contribution < 1.29 is 87.2 Å². The number of carbonyl (C=O) groups is 15. The van der Waals surface area contributed by atoms with E-state index in [1.165, 1.54) is 13.8 Å². The first-order chi connectivity index (χ1) is 54.8. The molecule has 117 heavy (non-hydrogen) atoms. The number of aliphatic carboxylic acids is 1. The molecule has 0 saturated carbocycles. The zero-order valence-electron chi connectivity index (χ0n) is 68.4. The summed E-state index contributed by atoms with van der Waals surface area (Å²) in [4.78, 5) is 231. The molecular weight excluding hydrogens is 1570 g/mol. The normalized spacial score (nSPS) is 23.1. The van der Waals surface area contributed by atoms with E-state index in [9.17, 15) is 82.4 Å². The van der Waals surface area contributed by atoms with E-state index in [0.717, 1.165) is 33.4 Å². The predicted octanol–water partition coefficient (Wildman–Crippen LogP) is -8.88. The van der Waals surface area contributed by atoms with Gasteiger partial charge in [0.05, 0.1) is 18.8 Å².